The molecule has 1 aromatic carbocycles. The second-order valence-electron chi connectivity index (χ2n) is 6.92. The maximum Gasteiger partial charge on any atom is 0.272 e. The fourth-order valence-corrected chi connectivity index (χ4v) is 3.71. The fourth-order valence-electron chi connectivity index (χ4n) is 3.71. The Morgan fingerprint density at radius 3 is 2.92 bits per heavy atom. The number of fused-ring (bicyclic) bond motifs is 1. The number of pyridine rings is 1. The van der Waals surface area contributed by atoms with Gasteiger partial charge >= 0.3 is 0 Å². The number of hydrogen-bond acceptors (Lipinski definition) is 4. The lowest BCUT2D eigenvalue weighted by Crippen LogP contribution is -2.32. The second-order valence-corrected chi connectivity index (χ2v) is 6.92. The van der Waals surface area contributed by atoms with Gasteiger partial charge in [-0.3, -0.25) is 9.78 Å². The van der Waals surface area contributed by atoms with E-state index in [-0.39, 0.29) is 5.91 Å². The van der Waals surface area contributed by atoms with Gasteiger partial charge in [0, 0.05) is 30.9 Å². The predicted octanol–water partition coefficient (Wildman–Crippen LogP) is 3.51. The lowest BCUT2D eigenvalue weighted by Gasteiger charge is -2.20. The third-order valence-electron chi connectivity index (χ3n) is 5.11. The molecule has 1 aliphatic rings. The van der Waals surface area contributed by atoms with E-state index in [9.17, 15) is 4.79 Å². The van der Waals surface area contributed by atoms with E-state index in [1.54, 1.807) is 12.3 Å². The average molecular weight is 346 g/mol. The molecule has 5 heteroatoms. The number of amides is 1. The molecule has 1 aliphatic heterocycles. The number of benzene rings is 1. The highest BCUT2D eigenvalue weighted by Gasteiger charge is 2.22. The molecule has 4 rings (SSSR count). The van der Waals surface area contributed by atoms with Crippen LogP contribution >= 0.6 is 0 Å². The Morgan fingerprint density at radius 2 is 2.04 bits per heavy atom. The summed E-state index contributed by atoms with van der Waals surface area (Å²) in [6.07, 6.45) is 9.26. The predicted molar refractivity (Wildman–Crippen MR) is 101 cm³/mol. The molecule has 3 heterocycles. The monoisotopic (exact) mass is 346 g/mol. The third kappa shape index (κ3) is 3.72. The normalized spacial score (nSPS) is 17.8. The van der Waals surface area contributed by atoms with Gasteiger partial charge in [0.2, 0.25) is 0 Å². The van der Waals surface area contributed by atoms with E-state index in [2.05, 4.69) is 33.2 Å². The van der Waals surface area contributed by atoms with Crippen molar-refractivity contribution in [2.75, 3.05) is 13.1 Å². The molecule has 0 unspecified atom stereocenters. The van der Waals surface area contributed by atoms with Gasteiger partial charge in [0.05, 0.1) is 5.52 Å². The number of para-hydroxylation sites is 1. The van der Waals surface area contributed by atoms with Gasteiger partial charge in [-0.05, 0) is 55.4 Å². The largest absolute Gasteiger partial charge is 0.337 e. The number of carbonyl (C=O) groups excluding carboxylic acids is 1. The van der Waals surface area contributed by atoms with Crippen molar-refractivity contribution < 1.29 is 4.79 Å². The smallest absolute Gasteiger partial charge is 0.272 e. The van der Waals surface area contributed by atoms with Gasteiger partial charge in [-0.15, -0.1) is 0 Å². The molecule has 1 fully saturated rings. The topological polar surface area (TPSA) is 59.0 Å². The first-order valence-electron chi connectivity index (χ1n) is 9.18. The van der Waals surface area contributed by atoms with Crippen LogP contribution in [0.1, 0.15) is 35.3 Å². The maximum atomic E-state index is 12.6. The molecule has 26 heavy (non-hydrogen) atoms. The molecule has 1 saturated heterocycles. The van der Waals surface area contributed by atoms with Crippen molar-refractivity contribution >= 4 is 16.8 Å². The average Bonchev–Trinajstić information content (AvgIpc) is 2.93. The lowest BCUT2D eigenvalue weighted by molar-refractivity contribution is 0.0754. The second kappa shape index (κ2) is 7.60. The van der Waals surface area contributed by atoms with Crippen LogP contribution in [0.5, 0.6) is 0 Å². The van der Waals surface area contributed by atoms with Crippen molar-refractivity contribution in [1.82, 2.24) is 19.9 Å². The zero-order chi connectivity index (χ0) is 17.8. The van der Waals surface area contributed by atoms with Crippen molar-refractivity contribution in [3.63, 3.8) is 0 Å². The Balaban J connectivity index is 1.41. The number of nitrogens with zero attached hydrogens (tertiary/aromatic N) is 4. The molecule has 132 valence electrons. The van der Waals surface area contributed by atoms with Gasteiger partial charge in [-0.2, -0.15) is 0 Å². The lowest BCUT2D eigenvalue weighted by atomic mass is 9.93. The summed E-state index contributed by atoms with van der Waals surface area (Å²) in [5, 5.41) is 1.19. The van der Waals surface area contributed by atoms with Gasteiger partial charge in [-0.25, -0.2) is 9.97 Å². The molecule has 1 atom stereocenters. The van der Waals surface area contributed by atoms with E-state index < -0.39 is 0 Å². The van der Waals surface area contributed by atoms with Gasteiger partial charge < -0.3 is 4.90 Å². The van der Waals surface area contributed by atoms with Crippen LogP contribution in [0.25, 0.3) is 10.9 Å². The molecule has 2 aromatic heterocycles. The number of carbonyl (C=O) groups is 1. The van der Waals surface area contributed by atoms with E-state index in [4.69, 9.17) is 0 Å². The molecular formula is C21H22N4O. The van der Waals surface area contributed by atoms with Crippen LogP contribution in [0.2, 0.25) is 0 Å². The first-order valence-corrected chi connectivity index (χ1v) is 9.18. The quantitative estimate of drug-likeness (QED) is 0.728. The van der Waals surface area contributed by atoms with Gasteiger partial charge in [-0.1, -0.05) is 18.2 Å². The zero-order valence-electron chi connectivity index (χ0n) is 14.7. The van der Waals surface area contributed by atoms with Crippen LogP contribution in [0.3, 0.4) is 0 Å². The zero-order valence-corrected chi connectivity index (χ0v) is 14.7. The molecule has 1 amide bonds. The van der Waals surface area contributed by atoms with E-state index in [1.807, 2.05) is 23.2 Å². The van der Waals surface area contributed by atoms with E-state index in [0.717, 1.165) is 44.3 Å². The van der Waals surface area contributed by atoms with Crippen LogP contribution in [-0.4, -0.2) is 38.8 Å². The molecule has 3 aromatic rings. The molecule has 0 radical (unpaired) electrons. The number of hydrogen-bond donors (Lipinski definition) is 0. The molecule has 5 nitrogen and oxygen atoms in total. The highest BCUT2D eigenvalue weighted by atomic mass is 16.2. The first-order chi connectivity index (χ1) is 12.8. The standard InChI is InChI=1S/C21H22N4O/c26-21(20-7-9-22-15-24-20)25-10-3-4-16(8-11-25)12-17-13-18-5-1-2-6-19(18)23-14-17/h1-2,5-7,9,13-16H,3-4,8,10-12H2/t16-/m0/s1. The Morgan fingerprint density at radius 1 is 1.12 bits per heavy atom. The van der Waals surface area contributed by atoms with Crippen molar-refractivity contribution in [1.29, 1.82) is 0 Å². The summed E-state index contributed by atoms with van der Waals surface area (Å²) in [5.74, 6) is 0.599. The minimum atomic E-state index is 0.0143. The molecule has 0 aliphatic carbocycles. The Kier molecular flexibility index (Phi) is 4.86. The SMILES string of the molecule is O=C(c1ccncn1)N1CCC[C@H](Cc2cnc3ccccc3c2)CC1. The Hall–Kier alpha value is -2.82. The van der Waals surface area contributed by atoms with E-state index in [0.29, 0.717) is 11.6 Å². The first kappa shape index (κ1) is 16.6. The van der Waals surface area contributed by atoms with Crippen molar-refractivity contribution in [2.45, 2.75) is 25.7 Å². The van der Waals surface area contributed by atoms with Crippen LogP contribution in [0.4, 0.5) is 0 Å². The van der Waals surface area contributed by atoms with Gasteiger partial charge in [0.25, 0.3) is 5.91 Å². The van der Waals surface area contributed by atoms with Gasteiger partial charge in [0.1, 0.15) is 12.0 Å². The summed E-state index contributed by atoms with van der Waals surface area (Å²) in [7, 11) is 0. The van der Waals surface area contributed by atoms with Gasteiger partial charge in [0.15, 0.2) is 0 Å². The molecule has 0 N–H and O–H groups in total. The fraction of sp³-hybridized carbons (Fsp3) is 0.333. The van der Waals surface area contributed by atoms with Crippen molar-refractivity contribution in [3.05, 3.63) is 66.4 Å². The Bertz CT molecular complexity index is 897. The van der Waals surface area contributed by atoms with Crippen LogP contribution < -0.4 is 0 Å². The summed E-state index contributed by atoms with van der Waals surface area (Å²) in [5.41, 5.74) is 2.81. The highest BCUT2D eigenvalue weighted by Crippen LogP contribution is 2.24. The van der Waals surface area contributed by atoms with Crippen molar-refractivity contribution in [3.8, 4) is 0 Å². The van der Waals surface area contributed by atoms with E-state index in [1.165, 1.54) is 17.3 Å². The number of aromatic nitrogens is 3. The number of likely N-dealkylation sites (tertiary alicyclic amines) is 1. The Labute approximate surface area is 153 Å². The molecular weight excluding hydrogens is 324 g/mol. The van der Waals surface area contributed by atoms with Crippen LogP contribution in [0, 0.1) is 5.92 Å². The summed E-state index contributed by atoms with van der Waals surface area (Å²) >= 11 is 0. The van der Waals surface area contributed by atoms with Crippen LogP contribution in [0.15, 0.2) is 55.1 Å². The molecule has 0 saturated carbocycles. The third-order valence-corrected chi connectivity index (χ3v) is 5.11. The maximum absolute atomic E-state index is 12.6. The molecule has 0 spiro atoms. The summed E-state index contributed by atoms with van der Waals surface area (Å²) < 4.78 is 0. The number of rotatable bonds is 3. The van der Waals surface area contributed by atoms with E-state index >= 15 is 0 Å². The minimum Gasteiger partial charge on any atom is -0.337 e. The van der Waals surface area contributed by atoms with Crippen molar-refractivity contribution in [2.24, 2.45) is 5.92 Å². The summed E-state index contributed by atoms with van der Waals surface area (Å²) in [6.45, 7) is 1.59. The molecule has 0 bridgehead atoms. The summed E-state index contributed by atoms with van der Waals surface area (Å²) in [4.78, 5) is 27.1. The highest BCUT2D eigenvalue weighted by molar-refractivity contribution is 5.92. The summed E-state index contributed by atoms with van der Waals surface area (Å²) in [6, 6.07) is 12.2. The van der Waals surface area contributed by atoms with Crippen LogP contribution in [-0.2, 0) is 6.42 Å². The minimum absolute atomic E-state index is 0.0143.